The van der Waals surface area contributed by atoms with Gasteiger partial charge in [0, 0.05) is 18.1 Å². The van der Waals surface area contributed by atoms with Crippen molar-refractivity contribution in [2.24, 2.45) is 0 Å². The maximum Gasteiger partial charge on any atom is 0.293 e. The minimum atomic E-state index is -0.362. The van der Waals surface area contributed by atoms with E-state index in [2.05, 4.69) is 5.32 Å². The Hall–Kier alpha value is -2.77. The van der Waals surface area contributed by atoms with Gasteiger partial charge in [-0.05, 0) is 53.2 Å². The van der Waals surface area contributed by atoms with Crippen molar-refractivity contribution in [2.75, 3.05) is 20.2 Å². The number of benzene rings is 2. The summed E-state index contributed by atoms with van der Waals surface area (Å²) >= 11 is 6.74. The molecule has 0 aromatic heterocycles. The molecule has 1 fully saturated rings. The molecule has 1 aliphatic rings. The van der Waals surface area contributed by atoms with Gasteiger partial charge in [0.2, 0.25) is 5.91 Å². The highest BCUT2D eigenvalue weighted by atomic mass is 35.5. The summed E-state index contributed by atoms with van der Waals surface area (Å²) < 4.78 is 5.09. The number of nitrogens with one attached hydrogen (secondary N) is 1. The first kappa shape index (κ1) is 21.0. The van der Waals surface area contributed by atoms with Gasteiger partial charge in [-0.25, -0.2) is 0 Å². The maximum absolute atomic E-state index is 12.5. The second-order valence-corrected chi connectivity index (χ2v) is 7.69. The van der Waals surface area contributed by atoms with Gasteiger partial charge in [0.1, 0.15) is 5.75 Å². The molecular weight excluding hydrogens is 412 g/mol. The van der Waals surface area contributed by atoms with Crippen LogP contribution in [0.3, 0.4) is 0 Å². The Balaban J connectivity index is 1.51. The third kappa shape index (κ3) is 5.62. The van der Waals surface area contributed by atoms with Gasteiger partial charge in [-0.2, -0.15) is 0 Å². The van der Waals surface area contributed by atoms with E-state index in [-0.39, 0.29) is 36.6 Å². The Morgan fingerprint density at radius 1 is 1.14 bits per heavy atom. The highest BCUT2D eigenvalue weighted by Gasteiger charge is 2.34. The lowest BCUT2D eigenvalue weighted by molar-refractivity contribution is -0.124. The van der Waals surface area contributed by atoms with Crippen molar-refractivity contribution >= 4 is 46.5 Å². The lowest BCUT2D eigenvalue weighted by atomic mass is 10.1. The Labute approximate surface area is 177 Å². The number of imide groups is 1. The number of ether oxygens (including phenoxy) is 1. The summed E-state index contributed by atoms with van der Waals surface area (Å²) in [5.74, 6) is 0.179. The minimum absolute atomic E-state index is 0.122. The predicted molar refractivity (Wildman–Crippen MR) is 114 cm³/mol. The molecular formula is C21H19ClN2O4S. The fraction of sp³-hybridized carbons (Fsp3) is 0.190. The third-order valence-electron chi connectivity index (χ3n) is 4.22. The normalized spacial score (nSPS) is 15.1. The van der Waals surface area contributed by atoms with Crippen molar-refractivity contribution in [2.45, 2.75) is 6.42 Å². The van der Waals surface area contributed by atoms with Crippen LogP contribution in [0.15, 0.2) is 53.4 Å². The number of rotatable bonds is 7. The van der Waals surface area contributed by atoms with E-state index in [1.54, 1.807) is 49.6 Å². The van der Waals surface area contributed by atoms with Crippen molar-refractivity contribution in [3.63, 3.8) is 0 Å². The van der Waals surface area contributed by atoms with Gasteiger partial charge in [-0.1, -0.05) is 35.9 Å². The summed E-state index contributed by atoms with van der Waals surface area (Å²) in [5, 5.41) is 2.99. The summed E-state index contributed by atoms with van der Waals surface area (Å²) in [5.41, 5.74) is 1.63. The molecule has 0 saturated carbocycles. The van der Waals surface area contributed by atoms with Crippen LogP contribution in [-0.2, 0) is 16.0 Å². The topological polar surface area (TPSA) is 75.7 Å². The second-order valence-electron chi connectivity index (χ2n) is 6.26. The smallest absolute Gasteiger partial charge is 0.293 e. The maximum atomic E-state index is 12.5. The minimum Gasteiger partial charge on any atom is -0.497 e. The van der Waals surface area contributed by atoms with Crippen molar-refractivity contribution in [1.29, 1.82) is 0 Å². The molecule has 150 valence electrons. The zero-order valence-electron chi connectivity index (χ0n) is 15.7. The van der Waals surface area contributed by atoms with Crippen LogP contribution in [0.25, 0.3) is 6.08 Å². The number of hydrogen-bond donors (Lipinski definition) is 1. The number of thioether (sulfide) groups is 1. The molecule has 3 amide bonds. The molecule has 1 N–H and O–H groups in total. The summed E-state index contributed by atoms with van der Waals surface area (Å²) in [7, 11) is 1.58. The van der Waals surface area contributed by atoms with E-state index >= 15 is 0 Å². The first-order valence-corrected chi connectivity index (χ1v) is 10.1. The number of nitrogens with zero attached hydrogens (tertiary/aromatic N) is 1. The number of carbonyl (C=O) groups is 3. The molecule has 0 unspecified atom stereocenters. The van der Waals surface area contributed by atoms with Crippen LogP contribution < -0.4 is 10.1 Å². The monoisotopic (exact) mass is 430 g/mol. The van der Waals surface area contributed by atoms with Crippen LogP contribution in [0.2, 0.25) is 5.02 Å². The van der Waals surface area contributed by atoms with Crippen LogP contribution >= 0.6 is 23.4 Å². The highest BCUT2D eigenvalue weighted by molar-refractivity contribution is 8.18. The van der Waals surface area contributed by atoms with E-state index in [1.165, 1.54) is 0 Å². The molecule has 2 aromatic carbocycles. The number of carbonyl (C=O) groups excluding carboxylic acids is 3. The summed E-state index contributed by atoms with van der Waals surface area (Å²) in [4.78, 5) is 38.2. The largest absolute Gasteiger partial charge is 0.497 e. The van der Waals surface area contributed by atoms with Crippen molar-refractivity contribution in [3.8, 4) is 5.75 Å². The van der Waals surface area contributed by atoms with Crippen LogP contribution in [0.4, 0.5) is 4.79 Å². The molecule has 0 bridgehead atoms. The molecule has 0 radical (unpaired) electrons. The van der Waals surface area contributed by atoms with E-state index in [1.807, 2.05) is 12.1 Å². The predicted octanol–water partition coefficient (Wildman–Crippen LogP) is 3.74. The quantitative estimate of drug-likeness (QED) is 0.677. The van der Waals surface area contributed by atoms with Crippen molar-refractivity contribution in [1.82, 2.24) is 10.2 Å². The molecule has 0 spiro atoms. The lowest BCUT2D eigenvalue weighted by Crippen LogP contribution is -2.37. The molecule has 0 aliphatic carbocycles. The van der Waals surface area contributed by atoms with Gasteiger partial charge in [0.05, 0.1) is 18.4 Å². The molecule has 1 aliphatic heterocycles. The van der Waals surface area contributed by atoms with E-state index in [4.69, 9.17) is 16.3 Å². The average molecular weight is 431 g/mol. The van der Waals surface area contributed by atoms with Gasteiger partial charge in [-0.3, -0.25) is 19.3 Å². The van der Waals surface area contributed by atoms with Crippen molar-refractivity contribution < 1.29 is 19.1 Å². The molecule has 6 nitrogen and oxygen atoms in total. The van der Waals surface area contributed by atoms with E-state index < -0.39 is 0 Å². The molecule has 1 heterocycles. The van der Waals surface area contributed by atoms with Crippen molar-refractivity contribution in [3.05, 3.63) is 69.6 Å². The zero-order chi connectivity index (χ0) is 20.8. The zero-order valence-corrected chi connectivity index (χ0v) is 17.3. The number of halogens is 1. The SMILES string of the molecule is COc1ccc(CC(=O)NCCN2C(=O)SC(=Cc3ccc(Cl)cc3)C2=O)cc1. The molecule has 1 saturated heterocycles. The number of amides is 3. The van der Waals surface area contributed by atoms with Gasteiger partial charge in [-0.15, -0.1) is 0 Å². The van der Waals surface area contributed by atoms with E-state index in [9.17, 15) is 14.4 Å². The van der Waals surface area contributed by atoms with Gasteiger partial charge < -0.3 is 10.1 Å². The first-order chi connectivity index (χ1) is 14.0. The Kier molecular flexibility index (Phi) is 6.95. The first-order valence-electron chi connectivity index (χ1n) is 8.87. The fourth-order valence-corrected chi connectivity index (χ4v) is 3.69. The molecule has 0 atom stereocenters. The Morgan fingerprint density at radius 2 is 1.83 bits per heavy atom. The van der Waals surface area contributed by atoms with Gasteiger partial charge in [0.25, 0.3) is 11.1 Å². The van der Waals surface area contributed by atoms with Crippen LogP contribution in [-0.4, -0.2) is 42.2 Å². The summed E-state index contributed by atoms with van der Waals surface area (Å²) in [6.45, 7) is 0.318. The number of methoxy groups -OCH3 is 1. The number of hydrogen-bond acceptors (Lipinski definition) is 5. The Morgan fingerprint density at radius 3 is 2.48 bits per heavy atom. The molecule has 2 aromatic rings. The van der Waals surface area contributed by atoms with Crippen LogP contribution in [0, 0.1) is 0 Å². The fourth-order valence-electron chi connectivity index (χ4n) is 2.70. The van der Waals surface area contributed by atoms with E-state index in [0.29, 0.717) is 9.93 Å². The van der Waals surface area contributed by atoms with Crippen LogP contribution in [0.1, 0.15) is 11.1 Å². The standard InChI is InChI=1S/C21H19ClN2O4S/c1-28-17-8-4-15(5-9-17)13-19(25)23-10-11-24-20(26)18(29-21(24)27)12-14-2-6-16(22)7-3-14/h2-9,12H,10-11,13H2,1H3,(H,23,25). The summed E-state index contributed by atoms with van der Waals surface area (Å²) in [6.07, 6.45) is 1.87. The van der Waals surface area contributed by atoms with Crippen LogP contribution in [0.5, 0.6) is 5.75 Å². The third-order valence-corrected chi connectivity index (χ3v) is 5.38. The highest BCUT2D eigenvalue weighted by Crippen LogP contribution is 2.32. The second kappa shape index (κ2) is 9.62. The molecule has 29 heavy (non-hydrogen) atoms. The molecule has 8 heteroatoms. The average Bonchev–Trinajstić information content (AvgIpc) is 2.97. The van der Waals surface area contributed by atoms with Gasteiger partial charge in [0.15, 0.2) is 0 Å². The van der Waals surface area contributed by atoms with E-state index in [0.717, 1.165) is 33.5 Å². The molecule has 3 rings (SSSR count). The lowest BCUT2D eigenvalue weighted by Gasteiger charge is -2.13. The Bertz CT molecular complexity index is 942. The van der Waals surface area contributed by atoms with Gasteiger partial charge >= 0.3 is 0 Å². The summed E-state index contributed by atoms with van der Waals surface area (Å²) in [6, 6.07) is 14.2.